The van der Waals surface area contributed by atoms with Gasteiger partial charge in [0.2, 0.25) is 0 Å². The summed E-state index contributed by atoms with van der Waals surface area (Å²) in [6.07, 6.45) is 4.80. The van der Waals surface area contributed by atoms with E-state index >= 15 is 0 Å². The zero-order valence-electron chi connectivity index (χ0n) is 17.6. The van der Waals surface area contributed by atoms with E-state index in [9.17, 15) is 4.79 Å². The number of likely N-dealkylation sites (tertiary alicyclic amines) is 2. The standard InChI is InChI=1S/C27H30N2O/c30-26(25-12-6-10-23-9-4-5-11-24(23)25)29-19-15-27(16-20-29)13-17-28(18-14-27)21-22-7-2-1-3-8-22/h1-12H,13-21H2. The van der Waals surface area contributed by atoms with Gasteiger partial charge in [-0.1, -0.05) is 66.7 Å². The summed E-state index contributed by atoms with van der Waals surface area (Å²) in [5.74, 6) is 0.197. The Hall–Kier alpha value is -2.65. The van der Waals surface area contributed by atoms with Crippen molar-refractivity contribution in [2.75, 3.05) is 26.2 Å². The Bertz CT molecular complexity index is 1010. The molecular weight excluding hydrogens is 368 g/mol. The Balaban J connectivity index is 1.20. The van der Waals surface area contributed by atoms with Crippen LogP contribution in [0.3, 0.4) is 0 Å². The maximum Gasteiger partial charge on any atom is 0.254 e. The van der Waals surface area contributed by atoms with Gasteiger partial charge in [0.05, 0.1) is 0 Å². The van der Waals surface area contributed by atoms with Crippen LogP contribution in [-0.4, -0.2) is 41.9 Å². The SMILES string of the molecule is O=C(c1cccc2ccccc12)N1CCC2(CCN(Cc3ccccc3)CC2)CC1. The lowest BCUT2D eigenvalue weighted by Gasteiger charge is -2.47. The Morgan fingerprint density at radius 2 is 1.37 bits per heavy atom. The lowest BCUT2D eigenvalue weighted by molar-refractivity contribution is 0.0286. The van der Waals surface area contributed by atoms with Crippen LogP contribution >= 0.6 is 0 Å². The maximum atomic E-state index is 13.3. The van der Waals surface area contributed by atoms with E-state index in [0.717, 1.165) is 48.8 Å². The molecular formula is C27H30N2O. The fourth-order valence-corrected chi connectivity index (χ4v) is 5.29. The quantitative estimate of drug-likeness (QED) is 0.593. The van der Waals surface area contributed by atoms with Crippen molar-refractivity contribution >= 4 is 16.7 Å². The van der Waals surface area contributed by atoms with Crippen LogP contribution in [-0.2, 0) is 6.54 Å². The summed E-state index contributed by atoms with van der Waals surface area (Å²) in [6.45, 7) is 5.18. The van der Waals surface area contributed by atoms with E-state index in [-0.39, 0.29) is 5.91 Å². The van der Waals surface area contributed by atoms with Gasteiger partial charge in [0.15, 0.2) is 0 Å². The molecule has 0 saturated carbocycles. The molecule has 0 radical (unpaired) electrons. The summed E-state index contributed by atoms with van der Waals surface area (Å²) >= 11 is 0. The van der Waals surface area contributed by atoms with Gasteiger partial charge in [-0.05, 0) is 66.6 Å². The highest BCUT2D eigenvalue weighted by molar-refractivity contribution is 6.07. The highest BCUT2D eigenvalue weighted by Crippen LogP contribution is 2.41. The first kappa shape index (κ1) is 19.3. The van der Waals surface area contributed by atoms with Crippen LogP contribution < -0.4 is 0 Å². The number of carbonyl (C=O) groups is 1. The van der Waals surface area contributed by atoms with Crippen molar-refractivity contribution in [1.29, 1.82) is 0 Å². The molecule has 0 N–H and O–H groups in total. The van der Waals surface area contributed by atoms with Crippen molar-refractivity contribution < 1.29 is 4.79 Å². The predicted octanol–water partition coefficient (Wildman–Crippen LogP) is 5.36. The molecule has 2 heterocycles. The zero-order valence-corrected chi connectivity index (χ0v) is 17.6. The molecule has 2 fully saturated rings. The summed E-state index contributed by atoms with van der Waals surface area (Å²) in [6, 6.07) is 25.1. The molecule has 0 bridgehead atoms. The molecule has 2 aliphatic heterocycles. The predicted molar refractivity (Wildman–Crippen MR) is 122 cm³/mol. The van der Waals surface area contributed by atoms with Gasteiger partial charge in [0, 0.05) is 25.2 Å². The third-order valence-corrected chi connectivity index (χ3v) is 7.30. The number of hydrogen-bond donors (Lipinski definition) is 0. The number of fused-ring (bicyclic) bond motifs is 1. The Kier molecular flexibility index (Phi) is 5.30. The highest BCUT2D eigenvalue weighted by Gasteiger charge is 2.38. The third-order valence-electron chi connectivity index (χ3n) is 7.30. The Morgan fingerprint density at radius 3 is 2.13 bits per heavy atom. The Labute approximate surface area is 179 Å². The summed E-state index contributed by atoms with van der Waals surface area (Å²) in [7, 11) is 0. The smallest absolute Gasteiger partial charge is 0.254 e. The van der Waals surface area contributed by atoms with Crippen LogP contribution in [0.5, 0.6) is 0 Å². The molecule has 3 aromatic carbocycles. The monoisotopic (exact) mass is 398 g/mol. The molecule has 2 saturated heterocycles. The number of nitrogens with zero attached hydrogens (tertiary/aromatic N) is 2. The van der Waals surface area contributed by atoms with Crippen LogP contribution in [0.2, 0.25) is 0 Å². The van der Waals surface area contributed by atoms with Crippen LogP contribution in [0, 0.1) is 5.41 Å². The summed E-state index contributed by atoms with van der Waals surface area (Å²) in [4.78, 5) is 17.9. The van der Waals surface area contributed by atoms with Gasteiger partial charge < -0.3 is 4.90 Å². The van der Waals surface area contributed by atoms with E-state index in [2.05, 4.69) is 58.3 Å². The molecule has 0 aliphatic carbocycles. The van der Waals surface area contributed by atoms with Gasteiger partial charge in [-0.2, -0.15) is 0 Å². The molecule has 30 heavy (non-hydrogen) atoms. The van der Waals surface area contributed by atoms with Crippen molar-refractivity contribution in [3.63, 3.8) is 0 Å². The topological polar surface area (TPSA) is 23.6 Å². The number of benzene rings is 3. The summed E-state index contributed by atoms with van der Waals surface area (Å²) < 4.78 is 0. The van der Waals surface area contributed by atoms with Crippen molar-refractivity contribution in [2.45, 2.75) is 32.2 Å². The lowest BCUT2D eigenvalue weighted by atomic mass is 9.71. The van der Waals surface area contributed by atoms with Gasteiger partial charge >= 0.3 is 0 Å². The lowest BCUT2D eigenvalue weighted by Crippen LogP contribution is -2.48. The van der Waals surface area contributed by atoms with E-state index in [1.165, 1.54) is 31.5 Å². The van der Waals surface area contributed by atoms with Gasteiger partial charge in [0.25, 0.3) is 5.91 Å². The number of amides is 1. The second-order valence-corrected chi connectivity index (χ2v) is 9.08. The molecule has 1 amide bonds. The maximum absolute atomic E-state index is 13.3. The minimum atomic E-state index is 0.197. The number of hydrogen-bond acceptors (Lipinski definition) is 2. The van der Waals surface area contributed by atoms with Crippen LogP contribution in [0.25, 0.3) is 10.8 Å². The van der Waals surface area contributed by atoms with E-state index in [4.69, 9.17) is 0 Å². The van der Waals surface area contributed by atoms with Crippen molar-refractivity contribution in [3.8, 4) is 0 Å². The minimum absolute atomic E-state index is 0.197. The fraction of sp³-hybridized carbons (Fsp3) is 0.370. The van der Waals surface area contributed by atoms with E-state index in [0.29, 0.717) is 5.41 Å². The van der Waals surface area contributed by atoms with Crippen molar-refractivity contribution in [1.82, 2.24) is 9.80 Å². The van der Waals surface area contributed by atoms with Crippen LogP contribution in [0.4, 0.5) is 0 Å². The third kappa shape index (κ3) is 3.87. The molecule has 0 atom stereocenters. The molecule has 0 aromatic heterocycles. The number of carbonyl (C=O) groups excluding carboxylic acids is 1. The first-order valence-electron chi connectivity index (χ1n) is 11.3. The molecule has 5 rings (SSSR count). The summed E-state index contributed by atoms with van der Waals surface area (Å²) in [5.41, 5.74) is 2.69. The molecule has 3 nitrogen and oxygen atoms in total. The second-order valence-electron chi connectivity index (χ2n) is 9.08. The van der Waals surface area contributed by atoms with Gasteiger partial charge in [-0.3, -0.25) is 9.69 Å². The summed E-state index contributed by atoms with van der Waals surface area (Å²) in [5, 5.41) is 2.21. The van der Waals surface area contributed by atoms with Crippen molar-refractivity contribution in [2.24, 2.45) is 5.41 Å². The normalized spacial score (nSPS) is 19.3. The van der Waals surface area contributed by atoms with E-state index in [1.807, 2.05) is 24.3 Å². The molecule has 154 valence electrons. The average molecular weight is 399 g/mol. The van der Waals surface area contributed by atoms with E-state index in [1.54, 1.807) is 0 Å². The first-order chi connectivity index (χ1) is 14.7. The molecule has 3 heteroatoms. The van der Waals surface area contributed by atoms with Crippen LogP contribution in [0.1, 0.15) is 41.6 Å². The average Bonchev–Trinajstić information content (AvgIpc) is 2.81. The number of rotatable bonds is 3. The van der Waals surface area contributed by atoms with Gasteiger partial charge in [-0.15, -0.1) is 0 Å². The fourth-order valence-electron chi connectivity index (χ4n) is 5.29. The van der Waals surface area contributed by atoms with Crippen molar-refractivity contribution in [3.05, 3.63) is 83.9 Å². The molecule has 2 aliphatic rings. The van der Waals surface area contributed by atoms with Crippen LogP contribution in [0.15, 0.2) is 72.8 Å². The number of piperidine rings is 2. The minimum Gasteiger partial charge on any atom is -0.339 e. The largest absolute Gasteiger partial charge is 0.339 e. The molecule has 1 spiro atoms. The molecule has 3 aromatic rings. The Morgan fingerprint density at radius 1 is 0.733 bits per heavy atom. The second kappa shape index (κ2) is 8.23. The molecule has 0 unspecified atom stereocenters. The zero-order chi connectivity index (χ0) is 20.4. The highest BCUT2D eigenvalue weighted by atomic mass is 16.2. The van der Waals surface area contributed by atoms with Gasteiger partial charge in [0.1, 0.15) is 0 Å². The van der Waals surface area contributed by atoms with Gasteiger partial charge in [-0.25, -0.2) is 0 Å². The first-order valence-corrected chi connectivity index (χ1v) is 11.3. The van der Waals surface area contributed by atoms with E-state index < -0.39 is 0 Å².